The normalized spacial score (nSPS) is 15.8. The molecule has 0 aromatic heterocycles. The lowest BCUT2D eigenvalue weighted by molar-refractivity contribution is -0.133. The van der Waals surface area contributed by atoms with Gasteiger partial charge in [0.2, 0.25) is 5.91 Å². The molecule has 1 fully saturated rings. The molecule has 1 aliphatic rings. The number of β-amino-alcohol motifs (C(OH)–C–C–N with tert-alkyl or cyclic N) is 1. The smallest absolute Gasteiger partial charge is 0.222 e. The number of piperazine rings is 1. The Kier molecular flexibility index (Phi) is 6.61. The fourth-order valence-electron chi connectivity index (χ4n) is 2.49. The fourth-order valence-corrected chi connectivity index (χ4v) is 2.49. The minimum Gasteiger partial charge on any atom is -0.493 e. The van der Waals surface area contributed by atoms with Gasteiger partial charge in [-0.15, -0.1) is 0 Å². The van der Waals surface area contributed by atoms with Gasteiger partial charge in [0.25, 0.3) is 0 Å². The van der Waals surface area contributed by atoms with E-state index in [2.05, 4.69) is 4.90 Å². The highest BCUT2D eigenvalue weighted by molar-refractivity contribution is 5.76. The Morgan fingerprint density at radius 1 is 1.27 bits per heavy atom. The van der Waals surface area contributed by atoms with Crippen LogP contribution in [0.5, 0.6) is 5.75 Å². The average molecular weight is 310 g/mol. The molecule has 0 spiro atoms. The zero-order valence-corrected chi connectivity index (χ0v) is 12.7. The number of nitrogens with zero attached hydrogens (tertiary/aromatic N) is 2. The predicted molar refractivity (Wildman–Crippen MR) is 81.2 cm³/mol. The molecule has 1 heterocycles. The van der Waals surface area contributed by atoms with Crippen LogP contribution in [0, 0.1) is 5.82 Å². The molecular weight excluding hydrogens is 287 g/mol. The fraction of sp³-hybridized carbons (Fsp3) is 0.562. The monoisotopic (exact) mass is 310 g/mol. The maximum absolute atomic E-state index is 13.0. The largest absolute Gasteiger partial charge is 0.493 e. The first-order valence-corrected chi connectivity index (χ1v) is 7.68. The summed E-state index contributed by atoms with van der Waals surface area (Å²) in [6.07, 6.45) is 1.06. The highest BCUT2D eigenvalue weighted by atomic mass is 19.1. The van der Waals surface area contributed by atoms with Gasteiger partial charge in [0.15, 0.2) is 0 Å². The van der Waals surface area contributed by atoms with Crippen molar-refractivity contribution in [1.82, 2.24) is 9.80 Å². The zero-order valence-electron chi connectivity index (χ0n) is 12.7. The summed E-state index contributed by atoms with van der Waals surface area (Å²) in [5, 5.41) is 8.89. The molecule has 0 atom stereocenters. The summed E-state index contributed by atoms with van der Waals surface area (Å²) in [7, 11) is 0. The van der Waals surface area contributed by atoms with Crippen molar-refractivity contribution in [2.45, 2.75) is 12.8 Å². The molecule has 0 radical (unpaired) electrons. The third-order valence-corrected chi connectivity index (χ3v) is 3.74. The van der Waals surface area contributed by atoms with Crippen LogP contribution >= 0.6 is 0 Å². The summed E-state index contributed by atoms with van der Waals surface area (Å²) in [6.45, 7) is 4.28. The molecule has 1 saturated heterocycles. The summed E-state index contributed by atoms with van der Waals surface area (Å²) >= 11 is 0. The van der Waals surface area contributed by atoms with Crippen molar-refractivity contribution in [2.24, 2.45) is 0 Å². The van der Waals surface area contributed by atoms with E-state index in [1.54, 1.807) is 12.1 Å². The molecule has 122 valence electrons. The molecule has 0 saturated carbocycles. The first-order valence-electron chi connectivity index (χ1n) is 7.68. The molecule has 0 unspecified atom stereocenters. The molecule has 5 nitrogen and oxygen atoms in total. The quantitative estimate of drug-likeness (QED) is 0.767. The van der Waals surface area contributed by atoms with E-state index < -0.39 is 0 Å². The Balaban J connectivity index is 1.62. The Morgan fingerprint density at radius 2 is 2.05 bits per heavy atom. The van der Waals surface area contributed by atoms with Crippen molar-refractivity contribution in [3.8, 4) is 5.75 Å². The van der Waals surface area contributed by atoms with Crippen LogP contribution in [0.15, 0.2) is 24.3 Å². The van der Waals surface area contributed by atoms with E-state index in [1.807, 2.05) is 4.90 Å². The van der Waals surface area contributed by atoms with Crippen molar-refractivity contribution in [2.75, 3.05) is 45.9 Å². The molecule has 1 amide bonds. The Labute approximate surface area is 130 Å². The minimum absolute atomic E-state index is 0.131. The van der Waals surface area contributed by atoms with Gasteiger partial charge in [-0.3, -0.25) is 9.69 Å². The van der Waals surface area contributed by atoms with Gasteiger partial charge in [-0.2, -0.15) is 0 Å². The highest BCUT2D eigenvalue weighted by Crippen LogP contribution is 2.12. The molecule has 1 aromatic rings. The van der Waals surface area contributed by atoms with E-state index in [1.165, 1.54) is 12.1 Å². The second-order valence-electron chi connectivity index (χ2n) is 5.36. The number of benzene rings is 1. The van der Waals surface area contributed by atoms with E-state index in [0.29, 0.717) is 44.8 Å². The molecule has 1 N–H and O–H groups in total. The molecule has 0 bridgehead atoms. The SMILES string of the molecule is O=C(CCCOc1cccc(F)c1)N1CCN(CCO)CC1. The van der Waals surface area contributed by atoms with Crippen LogP contribution in [-0.4, -0.2) is 66.8 Å². The number of aliphatic hydroxyl groups is 1. The Hall–Kier alpha value is -1.66. The molecular formula is C16H23FN2O3. The lowest BCUT2D eigenvalue weighted by atomic mass is 10.2. The van der Waals surface area contributed by atoms with Crippen LogP contribution in [0.2, 0.25) is 0 Å². The summed E-state index contributed by atoms with van der Waals surface area (Å²) < 4.78 is 18.4. The number of aliphatic hydroxyl groups excluding tert-OH is 1. The van der Waals surface area contributed by atoms with E-state index in [4.69, 9.17) is 9.84 Å². The van der Waals surface area contributed by atoms with Gasteiger partial charge >= 0.3 is 0 Å². The van der Waals surface area contributed by atoms with Gasteiger partial charge in [-0.1, -0.05) is 6.07 Å². The van der Waals surface area contributed by atoms with Crippen LogP contribution in [0.4, 0.5) is 4.39 Å². The topological polar surface area (TPSA) is 53.0 Å². The average Bonchev–Trinajstić information content (AvgIpc) is 2.52. The van der Waals surface area contributed by atoms with Gasteiger partial charge in [0.1, 0.15) is 11.6 Å². The number of carbonyl (C=O) groups is 1. The number of halogens is 1. The van der Waals surface area contributed by atoms with Crippen molar-refractivity contribution >= 4 is 5.91 Å². The maximum atomic E-state index is 13.0. The van der Waals surface area contributed by atoms with Gasteiger partial charge < -0.3 is 14.7 Å². The number of amides is 1. The highest BCUT2D eigenvalue weighted by Gasteiger charge is 2.20. The predicted octanol–water partition coefficient (Wildman–Crippen LogP) is 1.12. The summed E-state index contributed by atoms with van der Waals surface area (Å²) in [4.78, 5) is 16.1. The van der Waals surface area contributed by atoms with Crippen LogP contribution in [0.3, 0.4) is 0 Å². The van der Waals surface area contributed by atoms with Crippen LogP contribution < -0.4 is 4.74 Å². The van der Waals surface area contributed by atoms with Gasteiger partial charge in [0, 0.05) is 45.2 Å². The molecule has 2 rings (SSSR count). The molecule has 6 heteroatoms. The zero-order chi connectivity index (χ0) is 15.8. The Bertz CT molecular complexity index is 476. The Morgan fingerprint density at radius 3 is 2.73 bits per heavy atom. The number of rotatable bonds is 7. The molecule has 1 aromatic carbocycles. The van der Waals surface area contributed by atoms with Crippen molar-refractivity contribution in [3.63, 3.8) is 0 Å². The lowest BCUT2D eigenvalue weighted by Gasteiger charge is -2.34. The molecule has 22 heavy (non-hydrogen) atoms. The summed E-state index contributed by atoms with van der Waals surface area (Å²) in [5.74, 6) is 0.297. The van der Waals surface area contributed by atoms with E-state index >= 15 is 0 Å². The van der Waals surface area contributed by atoms with E-state index in [9.17, 15) is 9.18 Å². The third-order valence-electron chi connectivity index (χ3n) is 3.74. The first kappa shape index (κ1) is 16.7. The minimum atomic E-state index is -0.325. The number of ether oxygens (including phenoxy) is 1. The first-order chi connectivity index (χ1) is 10.7. The number of carbonyl (C=O) groups excluding carboxylic acids is 1. The van der Waals surface area contributed by atoms with E-state index in [0.717, 1.165) is 13.1 Å². The standard InChI is InChI=1S/C16H23FN2O3/c17-14-3-1-4-15(13-14)22-12-2-5-16(21)19-8-6-18(7-9-19)10-11-20/h1,3-4,13,20H,2,5-12H2. The number of hydrogen-bond donors (Lipinski definition) is 1. The van der Waals surface area contributed by atoms with Crippen LogP contribution in [0.1, 0.15) is 12.8 Å². The molecule has 0 aliphatic carbocycles. The van der Waals surface area contributed by atoms with Gasteiger partial charge in [-0.05, 0) is 18.6 Å². The number of hydrogen-bond acceptors (Lipinski definition) is 4. The van der Waals surface area contributed by atoms with Crippen molar-refractivity contribution in [3.05, 3.63) is 30.1 Å². The maximum Gasteiger partial charge on any atom is 0.222 e. The van der Waals surface area contributed by atoms with Gasteiger partial charge in [-0.25, -0.2) is 4.39 Å². The second-order valence-corrected chi connectivity index (χ2v) is 5.36. The summed E-state index contributed by atoms with van der Waals surface area (Å²) in [5.41, 5.74) is 0. The molecule has 1 aliphatic heterocycles. The van der Waals surface area contributed by atoms with Crippen LogP contribution in [-0.2, 0) is 4.79 Å². The third kappa shape index (κ3) is 5.27. The lowest BCUT2D eigenvalue weighted by Crippen LogP contribution is -2.49. The van der Waals surface area contributed by atoms with Gasteiger partial charge in [0.05, 0.1) is 13.2 Å². The van der Waals surface area contributed by atoms with E-state index in [-0.39, 0.29) is 18.3 Å². The summed E-state index contributed by atoms with van der Waals surface area (Å²) in [6, 6.07) is 6.00. The van der Waals surface area contributed by atoms with Crippen LogP contribution in [0.25, 0.3) is 0 Å². The van der Waals surface area contributed by atoms with Crippen molar-refractivity contribution < 1.29 is 19.0 Å². The van der Waals surface area contributed by atoms with Crippen molar-refractivity contribution in [1.29, 1.82) is 0 Å². The second kappa shape index (κ2) is 8.70.